The van der Waals surface area contributed by atoms with Gasteiger partial charge in [-0.3, -0.25) is 0 Å². The summed E-state index contributed by atoms with van der Waals surface area (Å²) in [5.74, 6) is 0. The van der Waals surface area contributed by atoms with Crippen LogP contribution in [-0.2, 0) is 21.7 Å². The van der Waals surface area contributed by atoms with E-state index in [0.717, 1.165) is 0 Å². The van der Waals surface area contributed by atoms with Crippen LogP contribution in [0.5, 0.6) is 0 Å². The van der Waals surface area contributed by atoms with Crippen LogP contribution in [0.25, 0.3) is 0 Å². The molecular weight excluding hydrogens is 181 g/mol. The fraction of sp³-hybridized carbons (Fsp3) is 1.00. The Hall–Kier alpha value is 1.25. The van der Waals surface area contributed by atoms with Crippen LogP contribution >= 0.6 is 0 Å². The topological polar surface area (TPSA) is 16.6 Å². The molecule has 0 aliphatic rings. The van der Waals surface area contributed by atoms with E-state index in [9.17, 15) is 0 Å². The zero-order valence-corrected chi connectivity index (χ0v) is 8.32. The maximum atomic E-state index is 2.25. The Balaban J connectivity index is -0.0000000267. The molecule has 0 saturated heterocycles. The van der Waals surface area contributed by atoms with Gasteiger partial charge < -0.3 is 30.1 Å². The number of hydrogen-bond donors (Lipinski definition) is 1. The average molecular weight is 193 g/mol. The Labute approximate surface area is 78.7 Å². The second-order valence-electron chi connectivity index (χ2n) is 1.11. The molecule has 0 aromatic carbocycles. The van der Waals surface area contributed by atoms with Crippen LogP contribution < -0.4 is 30.1 Å². The first-order valence-electron chi connectivity index (χ1n) is 2.23. The van der Waals surface area contributed by atoms with Crippen LogP contribution in [0.4, 0.5) is 0 Å². The van der Waals surface area contributed by atoms with Gasteiger partial charge in [-0.15, -0.1) is 0 Å². The zero-order chi connectivity index (χ0) is 4.12. The summed E-state index contributed by atoms with van der Waals surface area (Å²) in [7, 11) is 0. The summed E-state index contributed by atoms with van der Waals surface area (Å²) in [6.45, 7) is 6.75. The molecule has 0 aliphatic carbocycles. The van der Waals surface area contributed by atoms with E-state index in [1.807, 2.05) is 0 Å². The minimum absolute atomic E-state index is 0. The SMILES string of the molecule is CC[NH2+]CC.[Cl-].[Cl-].[Ti]. The van der Waals surface area contributed by atoms with E-state index < -0.39 is 0 Å². The molecule has 2 N–H and O–H groups in total. The molecule has 0 atom stereocenters. The van der Waals surface area contributed by atoms with Crippen molar-refractivity contribution in [3.05, 3.63) is 0 Å². The van der Waals surface area contributed by atoms with Crippen molar-refractivity contribution in [2.75, 3.05) is 13.1 Å². The van der Waals surface area contributed by atoms with Crippen LogP contribution in [0.15, 0.2) is 0 Å². The molecule has 0 saturated carbocycles. The summed E-state index contributed by atoms with van der Waals surface area (Å²) in [6, 6.07) is 0. The third-order valence-corrected chi connectivity index (χ3v) is 0.577. The number of nitrogens with two attached hydrogens (primary N) is 1. The molecule has 0 radical (unpaired) electrons. The van der Waals surface area contributed by atoms with Crippen molar-refractivity contribution in [1.82, 2.24) is 0 Å². The molecule has 1 nitrogen and oxygen atoms in total. The second kappa shape index (κ2) is 24.0. The van der Waals surface area contributed by atoms with Gasteiger partial charge in [0.05, 0.1) is 13.1 Å². The van der Waals surface area contributed by atoms with Gasteiger partial charge in [0, 0.05) is 21.7 Å². The molecule has 0 bridgehead atoms. The maximum absolute atomic E-state index is 2.25. The molecule has 0 aromatic heterocycles. The first-order valence-corrected chi connectivity index (χ1v) is 2.23. The van der Waals surface area contributed by atoms with Crippen molar-refractivity contribution >= 4 is 0 Å². The Morgan fingerprint density at radius 3 is 1.25 bits per heavy atom. The number of halogens is 2. The minimum atomic E-state index is 0. The first-order chi connectivity index (χ1) is 2.41. The van der Waals surface area contributed by atoms with Gasteiger partial charge in [-0.25, -0.2) is 0 Å². The van der Waals surface area contributed by atoms with Crippen molar-refractivity contribution in [2.45, 2.75) is 13.8 Å². The third kappa shape index (κ3) is 26.8. The van der Waals surface area contributed by atoms with E-state index in [-0.39, 0.29) is 46.5 Å². The quantitative estimate of drug-likeness (QED) is 0.420. The zero-order valence-electron chi connectivity index (χ0n) is 5.25. The Morgan fingerprint density at radius 2 is 1.25 bits per heavy atom. The molecule has 4 heteroatoms. The summed E-state index contributed by atoms with van der Waals surface area (Å²) >= 11 is 0. The van der Waals surface area contributed by atoms with Crippen molar-refractivity contribution in [2.24, 2.45) is 0 Å². The minimum Gasteiger partial charge on any atom is -1.00 e. The van der Waals surface area contributed by atoms with Gasteiger partial charge in [-0.2, -0.15) is 0 Å². The van der Waals surface area contributed by atoms with E-state index in [0.29, 0.717) is 0 Å². The molecule has 0 fully saturated rings. The maximum Gasteiger partial charge on any atom is 0.0726 e. The van der Waals surface area contributed by atoms with Gasteiger partial charge in [0.1, 0.15) is 0 Å². The smallest absolute Gasteiger partial charge is 0.0726 e. The van der Waals surface area contributed by atoms with Crippen LogP contribution in [0.3, 0.4) is 0 Å². The summed E-state index contributed by atoms with van der Waals surface area (Å²) < 4.78 is 0. The molecule has 52 valence electrons. The second-order valence-corrected chi connectivity index (χ2v) is 1.11. The van der Waals surface area contributed by atoms with Crippen LogP contribution in [0.2, 0.25) is 0 Å². The first kappa shape index (κ1) is 22.8. The Bertz CT molecular complexity index is 21.5. The monoisotopic (exact) mass is 192 g/mol. The molecular formula is C4H12Cl2NTi-. The number of quaternary nitrogens is 1. The Kier molecular flexibility index (Phi) is 68.5. The van der Waals surface area contributed by atoms with Crippen molar-refractivity contribution < 1.29 is 51.8 Å². The van der Waals surface area contributed by atoms with Crippen LogP contribution in [0, 0.1) is 0 Å². The third-order valence-electron chi connectivity index (χ3n) is 0.577. The largest absolute Gasteiger partial charge is 1.00 e. The normalized spacial score (nSPS) is 5.25. The number of hydrogen-bond acceptors (Lipinski definition) is 0. The van der Waals surface area contributed by atoms with Gasteiger partial charge in [0.2, 0.25) is 0 Å². The van der Waals surface area contributed by atoms with Crippen molar-refractivity contribution in [3.8, 4) is 0 Å². The van der Waals surface area contributed by atoms with Crippen LogP contribution in [-0.4, -0.2) is 13.1 Å². The van der Waals surface area contributed by atoms with E-state index in [1.165, 1.54) is 13.1 Å². The predicted molar refractivity (Wildman–Crippen MR) is 23.0 cm³/mol. The van der Waals surface area contributed by atoms with E-state index in [2.05, 4.69) is 19.2 Å². The molecule has 0 unspecified atom stereocenters. The van der Waals surface area contributed by atoms with E-state index in [1.54, 1.807) is 0 Å². The van der Waals surface area contributed by atoms with Gasteiger partial charge in [0.15, 0.2) is 0 Å². The van der Waals surface area contributed by atoms with Gasteiger partial charge in [-0.05, 0) is 13.8 Å². The summed E-state index contributed by atoms with van der Waals surface area (Å²) in [5.41, 5.74) is 0. The molecule has 0 rings (SSSR count). The Morgan fingerprint density at radius 1 is 1.00 bits per heavy atom. The van der Waals surface area contributed by atoms with Gasteiger partial charge in [0.25, 0.3) is 0 Å². The summed E-state index contributed by atoms with van der Waals surface area (Å²) in [6.07, 6.45) is 0. The van der Waals surface area contributed by atoms with Gasteiger partial charge in [-0.1, -0.05) is 0 Å². The summed E-state index contributed by atoms with van der Waals surface area (Å²) in [4.78, 5) is 0. The predicted octanol–water partition coefficient (Wildman–Crippen LogP) is -6.40. The van der Waals surface area contributed by atoms with Gasteiger partial charge >= 0.3 is 0 Å². The fourth-order valence-corrected chi connectivity index (χ4v) is 0.289. The number of rotatable bonds is 2. The average Bonchev–Trinajstić information content (AvgIpc) is 1.41. The van der Waals surface area contributed by atoms with E-state index >= 15 is 0 Å². The standard InChI is InChI=1S/C4H11N.2ClH.Ti/c1-3-5-4-2;;;/h5H,3-4H2,1-2H3;2*1H;/p-1. The summed E-state index contributed by atoms with van der Waals surface area (Å²) in [5, 5.41) is 2.25. The van der Waals surface area contributed by atoms with Crippen LogP contribution in [0.1, 0.15) is 13.8 Å². The molecule has 0 aliphatic heterocycles. The molecule has 0 amide bonds. The van der Waals surface area contributed by atoms with Crippen molar-refractivity contribution in [3.63, 3.8) is 0 Å². The van der Waals surface area contributed by atoms with Crippen molar-refractivity contribution in [1.29, 1.82) is 0 Å². The molecule has 0 heterocycles. The molecule has 8 heavy (non-hydrogen) atoms. The van der Waals surface area contributed by atoms with E-state index in [4.69, 9.17) is 0 Å². The fourth-order valence-electron chi connectivity index (χ4n) is 0.289. The molecule has 0 spiro atoms. The molecule has 0 aromatic rings.